The average Bonchev–Trinajstić information content (AvgIpc) is 3.18. The molecule has 1 heterocycles. The molecular formula is C18H31N5O7S. The summed E-state index contributed by atoms with van der Waals surface area (Å²) in [6, 6.07) is -4.84. The third-order valence-corrected chi connectivity index (χ3v) is 5.52. The number of aliphatic hydroxyl groups excluding tert-OH is 1. The lowest BCUT2D eigenvalue weighted by molar-refractivity contribution is -0.150. The minimum absolute atomic E-state index is 0.167. The fourth-order valence-electron chi connectivity index (χ4n) is 3.17. The molecule has 0 aromatic carbocycles. The normalized spacial score (nSPS) is 19.7. The highest BCUT2D eigenvalue weighted by Gasteiger charge is 2.40. The van der Waals surface area contributed by atoms with Crippen molar-refractivity contribution in [3.8, 4) is 0 Å². The minimum atomic E-state index is -1.47. The van der Waals surface area contributed by atoms with E-state index in [1.54, 1.807) is 0 Å². The number of hydrogen-bond acceptors (Lipinski definition) is 8. The van der Waals surface area contributed by atoms with Crippen molar-refractivity contribution in [2.45, 2.75) is 62.9 Å². The second-order valence-electron chi connectivity index (χ2n) is 7.37. The highest BCUT2D eigenvalue weighted by molar-refractivity contribution is 7.98. The molecule has 8 N–H and O–H groups in total. The van der Waals surface area contributed by atoms with Gasteiger partial charge in [-0.3, -0.25) is 19.2 Å². The van der Waals surface area contributed by atoms with Gasteiger partial charge in [0.25, 0.3) is 0 Å². The van der Waals surface area contributed by atoms with E-state index in [2.05, 4.69) is 10.6 Å². The van der Waals surface area contributed by atoms with E-state index in [-0.39, 0.29) is 13.0 Å². The number of likely N-dealkylation sites (tertiary alicyclic amines) is 1. The van der Waals surface area contributed by atoms with E-state index in [4.69, 9.17) is 11.5 Å². The number of rotatable bonds is 12. The number of nitrogens with two attached hydrogens (primary N) is 2. The van der Waals surface area contributed by atoms with Crippen molar-refractivity contribution in [2.75, 3.05) is 18.6 Å². The molecule has 0 saturated carbocycles. The Morgan fingerprint density at radius 2 is 1.84 bits per heavy atom. The molecule has 1 aliphatic heterocycles. The minimum Gasteiger partial charge on any atom is -0.480 e. The highest BCUT2D eigenvalue weighted by Crippen LogP contribution is 2.19. The Morgan fingerprint density at radius 1 is 1.19 bits per heavy atom. The molecule has 13 heteroatoms. The molecule has 1 rings (SSSR count). The lowest BCUT2D eigenvalue weighted by Gasteiger charge is -2.30. The van der Waals surface area contributed by atoms with Crippen LogP contribution in [0.4, 0.5) is 0 Å². The van der Waals surface area contributed by atoms with Crippen LogP contribution in [0.2, 0.25) is 0 Å². The van der Waals surface area contributed by atoms with E-state index in [1.807, 2.05) is 6.26 Å². The van der Waals surface area contributed by atoms with Crippen molar-refractivity contribution in [1.82, 2.24) is 15.5 Å². The zero-order chi connectivity index (χ0) is 23.7. The molecule has 5 unspecified atom stereocenters. The van der Waals surface area contributed by atoms with E-state index < -0.39 is 66.3 Å². The van der Waals surface area contributed by atoms with Gasteiger partial charge in [0.15, 0.2) is 0 Å². The van der Waals surface area contributed by atoms with Crippen molar-refractivity contribution in [3.05, 3.63) is 0 Å². The number of carboxylic acid groups (broad SMARTS) is 1. The molecule has 0 aromatic heterocycles. The molecule has 0 spiro atoms. The first-order valence-electron chi connectivity index (χ1n) is 9.84. The first kappa shape index (κ1) is 26.7. The molecule has 0 aromatic rings. The number of primary amides is 1. The molecule has 0 bridgehead atoms. The van der Waals surface area contributed by atoms with Crippen molar-refractivity contribution < 1.29 is 34.2 Å². The van der Waals surface area contributed by atoms with Gasteiger partial charge in [-0.05, 0) is 38.2 Å². The lowest BCUT2D eigenvalue weighted by Crippen LogP contribution is -2.60. The van der Waals surface area contributed by atoms with E-state index in [1.165, 1.54) is 18.7 Å². The SMILES string of the molecule is CSCCC(N)C(=O)NC(CC(N)=O)C(=O)NC(C(=O)N1CCCC1C(=O)O)C(C)O. The Bertz CT molecular complexity index is 690. The Balaban J connectivity index is 2.93. The van der Waals surface area contributed by atoms with E-state index in [0.29, 0.717) is 18.6 Å². The zero-order valence-corrected chi connectivity index (χ0v) is 18.4. The molecule has 4 amide bonds. The smallest absolute Gasteiger partial charge is 0.326 e. The van der Waals surface area contributed by atoms with Gasteiger partial charge in [-0.2, -0.15) is 11.8 Å². The number of thioether (sulfide) groups is 1. The van der Waals surface area contributed by atoms with Crippen LogP contribution >= 0.6 is 11.8 Å². The first-order chi connectivity index (χ1) is 14.5. The summed E-state index contributed by atoms with van der Waals surface area (Å²) in [6.45, 7) is 1.43. The maximum absolute atomic E-state index is 12.8. The summed E-state index contributed by atoms with van der Waals surface area (Å²) in [4.78, 5) is 61.6. The van der Waals surface area contributed by atoms with Gasteiger partial charge in [0, 0.05) is 6.54 Å². The molecule has 0 aliphatic carbocycles. The van der Waals surface area contributed by atoms with Crippen LogP contribution in [0.3, 0.4) is 0 Å². The molecule has 1 fully saturated rings. The third-order valence-electron chi connectivity index (χ3n) is 4.88. The van der Waals surface area contributed by atoms with Crippen LogP contribution in [-0.2, 0) is 24.0 Å². The number of carboxylic acids is 1. The molecule has 1 saturated heterocycles. The summed E-state index contributed by atoms with van der Waals surface area (Å²) in [7, 11) is 0. The monoisotopic (exact) mass is 461 g/mol. The van der Waals surface area contributed by atoms with Crippen LogP contribution in [0.15, 0.2) is 0 Å². The topological polar surface area (TPSA) is 205 Å². The molecule has 31 heavy (non-hydrogen) atoms. The van der Waals surface area contributed by atoms with Crippen LogP contribution in [-0.4, -0.2) is 93.5 Å². The van der Waals surface area contributed by atoms with Crippen LogP contribution in [0.5, 0.6) is 0 Å². The Morgan fingerprint density at radius 3 is 2.35 bits per heavy atom. The van der Waals surface area contributed by atoms with Crippen molar-refractivity contribution >= 4 is 41.4 Å². The molecule has 0 radical (unpaired) electrons. The van der Waals surface area contributed by atoms with E-state index in [0.717, 1.165) is 4.90 Å². The number of nitrogens with one attached hydrogen (secondary N) is 2. The first-order valence-corrected chi connectivity index (χ1v) is 11.2. The van der Waals surface area contributed by atoms with Gasteiger partial charge in [0.2, 0.25) is 23.6 Å². The Labute approximate surface area is 184 Å². The van der Waals surface area contributed by atoms with Crippen molar-refractivity contribution in [3.63, 3.8) is 0 Å². The van der Waals surface area contributed by atoms with E-state index >= 15 is 0 Å². The molecule has 176 valence electrons. The van der Waals surface area contributed by atoms with Gasteiger partial charge in [-0.1, -0.05) is 0 Å². The molecule has 5 atom stereocenters. The lowest BCUT2D eigenvalue weighted by atomic mass is 10.1. The van der Waals surface area contributed by atoms with Crippen LogP contribution in [0.1, 0.15) is 32.6 Å². The fraction of sp³-hybridized carbons (Fsp3) is 0.722. The summed E-state index contributed by atoms with van der Waals surface area (Å²) in [5.74, 6) is -3.80. The second-order valence-corrected chi connectivity index (χ2v) is 8.36. The molecular weight excluding hydrogens is 430 g/mol. The summed E-state index contributed by atoms with van der Waals surface area (Å²) in [5, 5.41) is 24.0. The highest BCUT2D eigenvalue weighted by atomic mass is 32.2. The summed E-state index contributed by atoms with van der Waals surface area (Å²) < 4.78 is 0. The van der Waals surface area contributed by atoms with Crippen LogP contribution < -0.4 is 22.1 Å². The predicted molar refractivity (Wildman–Crippen MR) is 113 cm³/mol. The number of aliphatic carboxylic acids is 1. The summed E-state index contributed by atoms with van der Waals surface area (Å²) >= 11 is 1.49. The Kier molecular flexibility index (Phi) is 10.7. The number of carbonyl (C=O) groups is 5. The van der Waals surface area contributed by atoms with Gasteiger partial charge in [-0.25, -0.2) is 4.79 Å². The predicted octanol–water partition coefficient (Wildman–Crippen LogP) is -2.63. The van der Waals surface area contributed by atoms with Gasteiger partial charge >= 0.3 is 5.97 Å². The summed E-state index contributed by atoms with van der Waals surface area (Å²) in [6.07, 6.45) is 1.01. The fourth-order valence-corrected chi connectivity index (χ4v) is 3.66. The number of nitrogens with zero attached hydrogens (tertiary/aromatic N) is 1. The van der Waals surface area contributed by atoms with E-state index in [9.17, 15) is 34.2 Å². The van der Waals surface area contributed by atoms with Crippen molar-refractivity contribution in [2.24, 2.45) is 11.5 Å². The van der Waals surface area contributed by atoms with Gasteiger partial charge in [-0.15, -0.1) is 0 Å². The zero-order valence-electron chi connectivity index (χ0n) is 17.6. The van der Waals surface area contributed by atoms with Crippen LogP contribution in [0, 0.1) is 0 Å². The number of hydrogen-bond donors (Lipinski definition) is 6. The largest absolute Gasteiger partial charge is 0.480 e. The van der Waals surface area contributed by atoms with Crippen molar-refractivity contribution in [1.29, 1.82) is 0 Å². The summed E-state index contributed by atoms with van der Waals surface area (Å²) in [5.41, 5.74) is 10.9. The standard InChI is InChI=1S/C18H31N5O7S/c1-9(24)14(17(28)23-6-3-4-12(23)18(29)30)22-16(27)11(8-13(20)25)21-15(26)10(19)5-7-31-2/h9-12,14,24H,3-8,19H2,1-2H3,(H2,20,25)(H,21,26)(H,22,27)(H,29,30). The van der Waals surface area contributed by atoms with Gasteiger partial charge in [0.1, 0.15) is 18.1 Å². The second kappa shape index (κ2) is 12.5. The Hall–Kier alpha value is -2.38. The number of aliphatic hydroxyl groups is 1. The maximum atomic E-state index is 12.8. The maximum Gasteiger partial charge on any atom is 0.326 e. The van der Waals surface area contributed by atoms with Crippen LogP contribution in [0.25, 0.3) is 0 Å². The third kappa shape index (κ3) is 7.99. The number of amides is 4. The average molecular weight is 462 g/mol. The number of carbonyl (C=O) groups excluding carboxylic acids is 4. The quantitative estimate of drug-likeness (QED) is 0.179. The van der Waals surface area contributed by atoms with Gasteiger partial charge in [0.05, 0.1) is 18.6 Å². The molecule has 12 nitrogen and oxygen atoms in total. The molecule has 1 aliphatic rings. The van der Waals surface area contributed by atoms with Gasteiger partial charge < -0.3 is 37.2 Å².